The van der Waals surface area contributed by atoms with Crippen molar-refractivity contribution in [3.05, 3.63) is 74.1 Å². The Morgan fingerprint density at radius 1 is 1.22 bits per heavy atom. The standard InChI is InChI=1S/C19H16ClN3O3S/c1-12(2)22-18(24)17(27-19(22)21-14-6-4-3-5-7-14)11-13-8-9-15(20)16(10-13)23(25)26/h3-12H,1-2H3. The quantitative estimate of drug-likeness (QED) is 0.397. The molecule has 27 heavy (non-hydrogen) atoms. The minimum atomic E-state index is -0.545. The molecule has 0 aliphatic carbocycles. The largest absolute Gasteiger partial charge is 0.288 e. The molecule has 8 heteroatoms. The molecule has 1 aliphatic heterocycles. The number of amidine groups is 1. The number of para-hydroxylation sites is 1. The van der Waals surface area contributed by atoms with Crippen LogP contribution in [0, 0.1) is 10.1 Å². The molecule has 1 heterocycles. The van der Waals surface area contributed by atoms with E-state index in [1.165, 1.54) is 23.9 Å². The predicted octanol–water partition coefficient (Wildman–Crippen LogP) is 5.26. The topological polar surface area (TPSA) is 75.8 Å². The first-order chi connectivity index (χ1) is 12.9. The van der Waals surface area contributed by atoms with Gasteiger partial charge in [-0.1, -0.05) is 35.9 Å². The molecule has 3 rings (SSSR count). The molecule has 138 valence electrons. The number of nitro benzene ring substituents is 1. The monoisotopic (exact) mass is 401 g/mol. The Bertz CT molecular complexity index is 958. The van der Waals surface area contributed by atoms with Gasteiger partial charge in [-0.05, 0) is 55.4 Å². The van der Waals surface area contributed by atoms with Crippen LogP contribution < -0.4 is 0 Å². The van der Waals surface area contributed by atoms with E-state index >= 15 is 0 Å². The summed E-state index contributed by atoms with van der Waals surface area (Å²) in [6.45, 7) is 3.82. The number of nitrogens with zero attached hydrogens (tertiary/aromatic N) is 3. The second-order valence-electron chi connectivity index (χ2n) is 6.08. The fourth-order valence-corrected chi connectivity index (χ4v) is 3.85. The maximum Gasteiger partial charge on any atom is 0.288 e. The van der Waals surface area contributed by atoms with Crippen molar-refractivity contribution in [2.75, 3.05) is 0 Å². The van der Waals surface area contributed by atoms with Crippen LogP contribution in [0.1, 0.15) is 19.4 Å². The number of thioether (sulfide) groups is 1. The Balaban J connectivity index is 1.99. The van der Waals surface area contributed by atoms with Crippen LogP contribution in [-0.2, 0) is 4.79 Å². The molecule has 0 unspecified atom stereocenters. The predicted molar refractivity (Wildman–Crippen MR) is 109 cm³/mol. The van der Waals surface area contributed by atoms with Gasteiger partial charge in [-0.2, -0.15) is 0 Å². The Labute approximate surface area is 165 Å². The highest BCUT2D eigenvalue weighted by Gasteiger charge is 2.35. The maximum atomic E-state index is 12.8. The van der Waals surface area contributed by atoms with E-state index < -0.39 is 4.92 Å². The maximum absolute atomic E-state index is 12.8. The zero-order valence-electron chi connectivity index (χ0n) is 14.6. The van der Waals surface area contributed by atoms with E-state index in [-0.39, 0.29) is 22.7 Å². The van der Waals surface area contributed by atoms with Crippen LogP contribution in [0.15, 0.2) is 58.4 Å². The highest BCUT2D eigenvalue weighted by molar-refractivity contribution is 8.18. The van der Waals surface area contributed by atoms with Crippen LogP contribution >= 0.6 is 23.4 Å². The van der Waals surface area contributed by atoms with E-state index in [2.05, 4.69) is 4.99 Å². The molecule has 0 aromatic heterocycles. The van der Waals surface area contributed by atoms with Crippen LogP contribution in [0.2, 0.25) is 5.02 Å². The molecule has 0 N–H and O–H groups in total. The lowest BCUT2D eigenvalue weighted by molar-refractivity contribution is -0.384. The molecule has 6 nitrogen and oxygen atoms in total. The second-order valence-corrected chi connectivity index (χ2v) is 7.49. The van der Waals surface area contributed by atoms with Crippen molar-refractivity contribution < 1.29 is 9.72 Å². The van der Waals surface area contributed by atoms with Gasteiger partial charge in [0.15, 0.2) is 5.17 Å². The van der Waals surface area contributed by atoms with Crippen molar-refractivity contribution >= 4 is 51.9 Å². The van der Waals surface area contributed by atoms with Crippen molar-refractivity contribution in [2.45, 2.75) is 19.9 Å². The first-order valence-electron chi connectivity index (χ1n) is 8.17. The van der Waals surface area contributed by atoms with Gasteiger partial charge in [0.05, 0.1) is 15.5 Å². The highest BCUT2D eigenvalue weighted by atomic mass is 35.5. The third-order valence-corrected chi connectivity index (χ3v) is 5.10. The summed E-state index contributed by atoms with van der Waals surface area (Å²) in [5, 5.41) is 11.7. The average molecular weight is 402 g/mol. The first-order valence-corrected chi connectivity index (χ1v) is 9.37. The number of carbonyl (C=O) groups is 1. The molecule has 0 radical (unpaired) electrons. The van der Waals surface area contributed by atoms with Crippen LogP contribution in [0.5, 0.6) is 0 Å². The molecule has 1 saturated heterocycles. The van der Waals surface area contributed by atoms with Crippen LogP contribution in [0.3, 0.4) is 0 Å². The summed E-state index contributed by atoms with van der Waals surface area (Å²) in [6, 6.07) is 13.8. The number of aliphatic imine (C=N–C) groups is 1. The SMILES string of the molecule is CC(C)N1C(=O)C(=Cc2ccc(Cl)c([N+](=O)[O-])c2)SC1=Nc1ccccc1. The molecule has 0 atom stereocenters. The first kappa shape index (κ1) is 19.1. The summed E-state index contributed by atoms with van der Waals surface area (Å²) in [4.78, 5) is 30.0. The smallest absolute Gasteiger partial charge is 0.284 e. The van der Waals surface area contributed by atoms with E-state index in [4.69, 9.17) is 11.6 Å². The molecule has 0 spiro atoms. The lowest BCUT2D eigenvalue weighted by atomic mass is 10.2. The van der Waals surface area contributed by atoms with E-state index in [0.717, 1.165) is 5.69 Å². The van der Waals surface area contributed by atoms with Gasteiger partial charge in [-0.25, -0.2) is 4.99 Å². The molecule has 1 fully saturated rings. The van der Waals surface area contributed by atoms with Crippen LogP contribution in [0.25, 0.3) is 6.08 Å². The molecular formula is C19H16ClN3O3S. The van der Waals surface area contributed by atoms with Gasteiger partial charge in [0.25, 0.3) is 11.6 Å². The van der Waals surface area contributed by atoms with Gasteiger partial charge in [-0.15, -0.1) is 0 Å². The van der Waals surface area contributed by atoms with Gasteiger partial charge >= 0.3 is 0 Å². The van der Waals surface area contributed by atoms with Gasteiger partial charge in [0.1, 0.15) is 5.02 Å². The second kappa shape index (κ2) is 7.94. The zero-order chi connectivity index (χ0) is 19.6. The minimum absolute atomic E-state index is 0.0580. The summed E-state index contributed by atoms with van der Waals surface area (Å²) in [5.74, 6) is -0.178. The van der Waals surface area contributed by atoms with Crippen molar-refractivity contribution in [2.24, 2.45) is 4.99 Å². The van der Waals surface area contributed by atoms with Crippen molar-refractivity contribution in [1.29, 1.82) is 0 Å². The number of hydrogen-bond donors (Lipinski definition) is 0. The van der Waals surface area contributed by atoms with Crippen molar-refractivity contribution in [3.63, 3.8) is 0 Å². The number of halogens is 1. The van der Waals surface area contributed by atoms with Crippen LogP contribution in [-0.4, -0.2) is 26.9 Å². The lowest BCUT2D eigenvalue weighted by Gasteiger charge is -2.19. The van der Waals surface area contributed by atoms with E-state index in [1.54, 1.807) is 17.0 Å². The number of nitro groups is 1. The summed E-state index contributed by atoms with van der Waals surface area (Å²) in [5.41, 5.74) is 1.09. The molecule has 2 aromatic rings. The summed E-state index contributed by atoms with van der Waals surface area (Å²) < 4.78 is 0. The summed E-state index contributed by atoms with van der Waals surface area (Å²) in [6.07, 6.45) is 1.62. The van der Waals surface area contributed by atoms with Crippen molar-refractivity contribution in [3.8, 4) is 0 Å². The molecule has 1 amide bonds. The fourth-order valence-electron chi connectivity index (χ4n) is 2.54. The van der Waals surface area contributed by atoms with Crippen LogP contribution in [0.4, 0.5) is 11.4 Å². The average Bonchev–Trinajstić information content (AvgIpc) is 2.92. The van der Waals surface area contributed by atoms with Crippen molar-refractivity contribution in [1.82, 2.24) is 4.90 Å². The lowest BCUT2D eigenvalue weighted by Crippen LogP contribution is -2.35. The third-order valence-electron chi connectivity index (χ3n) is 3.80. The van der Waals surface area contributed by atoms with Gasteiger partial charge in [0.2, 0.25) is 0 Å². The number of hydrogen-bond acceptors (Lipinski definition) is 5. The molecule has 1 aliphatic rings. The van der Waals surface area contributed by atoms with Gasteiger partial charge in [0, 0.05) is 12.1 Å². The Hall–Kier alpha value is -2.64. The minimum Gasteiger partial charge on any atom is -0.284 e. The molecular weight excluding hydrogens is 386 g/mol. The number of benzene rings is 2. The van der Waals surface area contributed by atoms with E-state index in [1.807, 2.05) is 44.2 Å². The third kappa shape index (κ3) is 4.20. The molecule has 2 aromatic carbocycles. The van der Waals surface area contributed by atoms with Gasteiger partial charge < -0.3 is 0 Å². The number of carbonyl (C=O) groups excluding carboxylic acids is 1. The van der Waals surface area contributed by atoms with E-state index in [0.29, 0.717) is 15.6 Å². The number of rotatable bonds is 4. The highest BCUT2D eigenvalue weighted by Crippen LogP contribution is 2.36. The Morgan fingerprint density at radius 2 is 1.93 bits per heavy atom. The summed E-state index contributed by atoms with van der Waals surface area (Å²) in [7, 11) is 0. The zero-order valence-corrected chi connectivity index (χ0v) is 16.2. The van der Waals surface area contributed by atoms with E-state index in [9.17, 15) is 14.9 Å². The summed E-state index contributed by atoms with van der Waals surface area (Å²) >= 11 is 7.10. The molecule has 0 bridgehead atoms. The molecule has 0 saturated carbocycles. The normalized spacial score (nSPS) is 17.3. The number of amides is 1. The van der Waals surface area contributed by atoms with Gasteiger partial charge in [-0.3, -0.25) is 19.8 Å². The fraction of sp³-hybridized carbons (Fsp3) is 0.158. The Morgan fingerprint density at radius 3 is 2.56 bits per heavy atom. The Kier molecular flexibility index (Phi) is 5.62.